The number of para-hydroxylation sites is 2. The molecule has 18 heteroatoms. The predicted molar refractivity (Wildman–Crippen MR) is 166 cm³/mol. The summed E-state index contributed by atoms with van der Waals surface area (Å²) < 4.78 is 114. The Hall–Kier alpha value is -1.68. The van der Waals surface area contributed by atoms with Crippen molar-refractivity contribution in [3.8, 4) is 11.5 Å². The van der Waals surface area contributed by atoms with Crippen LogP contribution in [0.3, 0.4) is 0 Å². The standard InChI is InChI=1S/C28H50O16S2/c29-45(30,31)25-3-7-35-9-11-37-13-15-39-17-19-41-21-23-43-27-5-1-2-6-28(27)44-24-22-42-20-18-40-16-14-38-12-10-36-8-4-26-46(32,33)34/h1-2,5-6H,3-4,7-26H2,(H,29,30,31)(H,32,33,34). The highest BCUT2D eigenvalue weighted by atomic mass is 32.2. The van der Waals surface area contributed by atoms with Crippen LogP contribution in [0.5, 0.6) is 11.5 Å². The van der Waals surface area contributed by atoms with Crippen LogP contribution >= 0.6 is 0 Å². The largest absolute Gasteiger partial charge is 0.487 e. The van der Waals surface area contributed by atoms with Crippen molar-refractivity contribution in [1.82, 2.24) is 0 Å². The van der Waals surface area contributed by atoms with E-state index in [0.29, 0.717) is 117 Å². The third-order valence-corrected chi connectivity index (χ3v) is 7.04. The summed E-state index contributed by atoms with van der Waals surface area (Å²) in [5.41, 5.74) is 0. The normalized spacial score (nSPS) is 12.0. The van der Waals surface area contributed by atoms with E-state index in [1.807, 2.05) is 24.3 Å². The Labute approximate surface area is 272 Å². The van der Waals surface area contributed by atoms with Gasteiger partial charge in [0.2, 0.25) is 0 Å². The summed E-state index contributed by atoms with van der Waals surface area (Å²) in [6.45, 7) is 6.56. The van der Waals surface area contributed by atoms with Gasteiger partial charge < -0.3 is 47.4 Å². The van der Waals surface area contributed by atoms with E-state index in [-0.39, 0.29) is 37.6 Å². The molecule has 46 heavy (non-hydrogen) atoms. The molecule has 0 aromatic heterocycles. The first-order valence-corrected chi connectivity index (χ1v) is 18.3. The smallest absolute Gasteiger partial charge is 0.264 e. The van der Waals surface area contributed by atoms with Gasteiger partial charge in [-0.3, -0.25) is 9.11 Å². The van der Waals surface area contributed by atoms with Crippen LogP contribution in [0.1, 0.15) is 12.8 Å². The van der Waals surface area contributed by atoms with E-state index in [1.54, 1.807) is 0 Å². The average Bonchev–Trinajstić information content (AvgIpc) is 3.00. The van der Waals surface area contributed by atoms with E-state index in [1.165, 1.54) is 0 Å². The van der Waals surface area contributed by atoms with Crippen molar-refractivity contribution in [1.29, 1.82) is 0 Å². The molecule has 0 atom stereocenters. The summed E-state index contributed by atoms with van der Waals surface area (Å²) in [5.74, 6) is 0.576. The van der Waals surface area contributed by atoms with Gasteiger partial charge in [-0.1, -0.05) is 12.1 Å². The predicted octanol–water partition coefficient (Wildman–Crippen LogP) is 1.13. The van der Waals surface area contributed by atoms with Gasteiger partial charge in [0.25, 0.3) is 20.2 Å². The Morgan fingerprint density at radius 3 is 0.891 bits per heavy atom. The highest BCUT2D eigenvalue weighted by molar-refractivity contribution is 7.86. The molecule has 0 aliphatic carbocycles. The Morgan fingerprint density at radius 1 is 0.391 bits per heavy atom. The van der Waals surface area contributed by atoms with Gasteiger partial charge in [0.05, 0.1) is 104 Å². The van der Waals surface area contributed by atoms with E-state index >= 15 is 0 Å². The van der Waals surface area contributed by atoms with Crippen LogP contribution in [-0.2, 0) is 58.1 Å². The summed E-state index contributed by atoms with van der Waals surface area (Å²) in [4.78, 5) is 0. The molecule has 1 aromatic rings. The molecule has 2 N–H and O–H groups in total. The fraction of sp³-hybridized carbons (Fsp3) is 0.786. The Kier molecular flexibility index (Phi) is 26.1. The quantitative estimate of drug-likeness (QED) is 0.0762. The molecule has 0 saturated carbocycles. The molecule has 0 bridgehead atoms. The Morgan fingerprint density at radius 2 is 0.630 bits per heavy atom. The summed E-state index contributed by atoms with van der Waals surface area (Å²) in [6.07, 6.45) is 0.464. The lowest BCUT2D eigenvalue weighted by molar-refractivity contribution is -0.00531. The highest BCUT2D eigenvalue weighted by Gasteiger charge is 2.06. The van der Waals surface area contributed by atoms with Gasteiger partial charge in [0.15, 0.2) is 11.5 Å². The van der Waals surface area contributed by atoms with Gasteiger partial charge in [0, 0.05) is 13.2 Å². The lowest BCUT2D eigenvalue weighted by Gasteiger charge is -2.13. The maximum atomic E-state index is 10.6. The molecule has 0 aliphatic heterocycles. The molecule has 0 unspecified atom stereocenters. The molecule has 270 valence electrons. The van der Waals surface area contributed by atoms with Gasteiger partial charge in [-0.15, -0.1) is 0 Å². The Bertz CT molecular complexity index is 972. The van der Waals surface area contributed by atoms with E-state index in [2.05, 4.69) is 0 Å². The van der Waals surface area contributed by atoms with Gasteiger partial charge in [-0.25, -0.2) is 0 Å². The zero-order chi connectivity index (χ0) is 33.6. The van der Waals surface area contributed by atoms with Crippen molar-refractivity contribution >= 4 is 20.2 Å². The second-order valence-electron chi connectivity index (χ2n) is 9.32. The number of hydrogen-bond acceptors (Lipinski definition) is 14. The minimum absolute atomic E-state index is 0.232. The van der Waals surface area contributed by atoms with Crippen molar-refractivity contribution in [2.45, 2.75) is 12.8 Å². The molecular weight excluding hydrogens is 656 g/mol. The molecule has 1 aromatic carbocycles. The van der Waals surface area contributed by atoms with E-state index in [4.69, 9.17) is 56.5 Å². The second-order valence-corrected chi connectivity index (χ2v) is 12.5. The monoisotopic (exact) mass is 706 g/mol. The van der Waals surface area contributed by atoms with Crippen molar-refractivity contribution in [2.75, 3.05) is 130 Å². The number of hydrogen-bond donors (Lipinski definition) is 2. The summed E-state index contributed by atoms with van der Waals surface area (Å²) in [5, 5.41) is 0. The molecule has 0 amide bonds. The van der Waals surface area contributed by atoms with Crippen LogP contribution in [0.4, 0.5) is 0 Å². The van der Waals surface area contributed by atoms with Crippen molar-refractivity contribution < 1.29 is 73.3 Å². The zero-order valence-corrected chi connectivity index (χ0v) is 27.9. The van der Waals surface area contributed by atoms with Crippen molar-refractivity contribution in [2.24, 2.45) is 0 Å². The maximum Gasteiger partial charge on any atom is 0.264 e. The maximum absolute atomic E-state index is 10.6. The third kappa shape index (κ3) is 29.7. The molecule has 0 spiro atoms. The third-order valence-electron chi connectivity index (χ3n) is 5.43. The minimum atomic E-state index is -3.94. The van der Waals surface area contributed by atoms with Crippen LogP contribution in [-0.4, -0.2) is 156 Å². The van der Waals surface area contributed by atoms with E-state index in [9.17, 15) is 16.8 Å². The summed E-state index contributed by atoms with van der Waals surface area (Å²) in [7, 11) is -7.88. The van der Waals surface area contributed by atoms with Gasteiger partial charge >= 0.3 is 0 Å². The van der Waals surface area contributed by atoms with Crippen molar-refractivity contribution in [3.05, 3.63) is 24.3 Å². The van der Waals surface area contributed by atoms with Crippen molar-refractivity contribution in [3.63, 3.8) is 0 Å². The Balaban J connectivity index is 1.89. The van der Waals surface area contributed by atoms with E-state index < -0.39 is 20.2 Å². The summed E-state index contributed by atoms with van der Waals surface area (Å²) in [6, 6.07) is 7.34. The SMILES string of the molecule is O=S(=O)(O)CCCOCCOCCOCCOCCOc1ccccc1OCCOCCOCCOCCOCCCS(=O)(=O)O. The molecule has 16 nitrogen and oxygen atoms in total. The fourth-order valence-corrected chi connectivity index (χ4v) is 4.29. The zero-order valence-electron chi connectivity index (χ0n) is 26.3. The molecular formula is C28H50O16S2. The molecule has 1 rings (SSSR count). The lowest BCUT2D eigenvalue weighted by atomic mass is 10.3. The van der Waals surface area contributed by atoms with Crippen LogP contribution in [0.2, 0.25) is 0 Å². The van der Waals surface area contributed by atoms with Crippen LogP contribution < -0.4 is 9.47 Å². The lowest BCUT2D eigenvalue weighted by Crippen LogP contribution is -2.15. The first-order chi connectivity index (χ1) is 22.2. The van der Waals surface area contributed by atoms with Crippen LogP contribution in [0.15, 0.2) is 24.3 Å². The topological polar surface area (TPSA) is 201 Å². The first-order valence-electron chi connectivity index (χ1n) is 15.0. The van der Waals surface area contributed by atoms with E-state index in [0.717, 1.165) is 0 Å². The van der Waals surface area contributed by atoms with Gasteiger partial charge in [0.1, 0.15) is 13.2 Å². The molecule has 0 aliphatic rings. The molecule has 0 radical (unpaired) electrons. The number of ether oxygens (including phenoxy) is 10. The number of rotatable bonds is 34. The number of benzene rings is 1. The van der Waals surface area contributed by atoms with Crippen LogP contribution in [0, 0.1) is 0 Å². The van der Waals surface area contributed by atoms with Gasteiger partial charge in [-0.05, 0) is 25.0 Å². The fourth-order valence-electron chi connectivity index (χ4n) is 3.32. The molecule has 0 fully saturated rings. The second kappa shape index (κ2) is 28.3. The van der Waals surface area contributed by atoms with Crippen LogP contribution in [0.25, 0.3) is 0 Å². The summed E-state index contributed by atoms with van der Waals surface area (Å²) >= 11 is 0. The molecule has 0 saturated heterocycles. The minimum Gasteiger partial charge on any atom is -0.487 e. The average molecular weight is 707 g/mol. The van der Waals surface area contributed by atoms with Gasteiger partial charge in [-0.2, -0.15) is 16.8 Å². The first kappa shape index (κ1) is 42.3. The highest BCUT2D eigenvalue weighted by Crippen LogP contribution is 2.26. The molecule has 0 heterocycles.